The molecule has 0 unspecified atom stereocenters. The number of anilines is 5. The number of benzene rings is 3. The Labute approximate surface area is 194 Å². The largest absolute Gasteiger partial charge is 0.340 e. The lowest BCUT2D eigenvalue weighted by molar-refractivity contribution is -0.115. The first-order chi connectivity index (χ1) is 15.9. The van der Waals surface area contributed by atoms with Crippen molar-refractivity contribution in [1.82, 2.24) is 9.97 Å². The van der Waals surface area contributed by atoms with Crippen LogP contribution in [0.4, 0.5) is 28.8 Å². The van der Waals surface area contributed by atoms with E-state index in [9.17, 15) is 4.79 Å². The van der Waals surface area contributed by atoms with Gasteiger partial charge in [-0.15, -0.1) is 0 Å². The third-order valence-corrected chi connectivity index (χ3v) is 5.05. The van der Waals surface area contributed by atoms with Crippen molar-refractivity contribution in [2.75, 3.05) is 16.0 Å². The van der Waals surface area contributed by atoms with Gasteiger partial charge in [-0.05, 0) is 62.7 Å². The Bertz CT molecular complexity index is 1250. The van der Waals surface area contributed by atoms with Gasteiger partial charge in [0.2, 0.25) is 11.9 Å². The fourth-order valence-corrected chi connectivity index (χ4v) is 3.45. The molecular weight excluding hydrogens is 410 g/mol. The van der Waals surface area contributed by atoms with E-state index in [4.69, 9.17) is 0 Å². The van der Waals surface area contributed by atoms with Crippen molar-refractivity contribution in [2.45, 2.75) is 27.2 Å². The molecule has 6 heteroatoms. The van der Waals surface area contributed by atoms with Crippen LogP contribution in [-0.2, 0) is 11.2 Å². The number of carbonyl (C=O) groups is 1. The Kier molecular flexibility index (Phi) is 6.64. The van der Waals surface area contributed by atoms with Crippen LogP contribution in [0.2, 0.25) is 0 Å². The first-order valence-electron chi connectivity index (χ1n) is 10.8. The lowest BCUT2D eigenvalue weighted by atomic mass is 10.1. The molecule has 1 aromatic heterocycles. The van der Waals surface area contributed by atoms with Gasteiger partial charge in [0.15, 0.2) is 0 Å². The third-order valence-electron chi connectivity index (χ3n) is 5.05. The number of amides is 1. The summed E-state index contributed by atoms with van der Waals surface area (Å²) in [4.78, 5) is 21.4. The van der Waals surface area contributed by atoms with Crippen molar-refractivity contribution in [2.24, 2.45) is 0 Å². The van der Waals surface area contributed by atoms with Crippen molar-refractivity contribution in [3.8, 4) is 0 Å². The van der Waals surface area contributed by atoms with Crippen molar-refractivity contribution in [1.29, 1.82) is 0 Å². The van der Waals surface area contributed by atoms with Crippen molar-refractivity contribution in [3.63, 3.8) is 0 Å². The highest BCUT2D eigenvalue weighted by Crippen LogP contribution is 2.21. The molecule has 3 aromatic carbocycles. The Balaban J connectivity index is 1.38. The van der Waals surface area contributed by atoms with E-state index in [-0.39, 0.29) is 5.91 Å². The van der Waals surface area contributed by atoms with Crippen LogP contribution in [0.1, 0.15) is 22.4 Å². The predicted octanol–water partition coefficient (Wildman–Crippen LogP) is 6.07. The van der Waals surface area contributed by atoms with E-state index >= 15 is 0 Å². The van der Waals surface area contributed by atoms with Gasteiger partial charge in [-0.3, -0.25) is 4.79 Å². The van der Waals surface area contributed by atoms with Crippen LogP contribution in [0.3, 0.4) is 0 Å². The Morgan fingerprint density at radius 2 is 1.39 bits per heavy atom. The number of nitrogens with zero attached hydrogens (tertiary/aromatic N) is 2. The predicted molar refractivity (Wildman–Crippen MR) is 134 cm³/mol. The van der Waals surface area contributed by atoms with Gasteiger partial charge in [0.1, 0.15) is 5.82 Å². The number of rotatable bonds is 7. The van der Waals surface area contributed by atoms with Gasteiger partial charge in [0.25, 0.3) is 0 Å². The second-order valence-corrected chi connectivity index (χ2v) is 8.13. The normalized spacial score (nSPS) is 10.5. The second-order valence-electron chi connectivity index (χ2n) is 8.13. The number of hydrogen-bond donors (Lipinski definition) is 3. The summed E-state index contributed by atoms with van der Waals surface area (Å²) < 4.78 is 0. The van der Waals surface area contributed by atoms with E-state index in [0.717, 1.165) is 33.9 Å². The zero-order valence-electron chi connectivity index (χ0n) is 19.0. The molecule has 0 fully saturated rings. The van der Waals surface area contributed by atoms with E-state index in [0.29, 0.717) is 18.2 Å². The van der Waals surface area contributed by atoms with Crippen molar-refractivity contribution >= 4 is 34.7 Å². The van der Waals surface area contributed by atoms with Crippen LogP contribution in [0, 0.1) is 20.8 Å². The maximum Gasteiger partial charge on any atom is 0.229 e. The lowest BCUT2D eigenvalue weighted by Gasteiger charge is -2.11. The highest BCUT2D eigenvalue weighted by atomic mass is 16.1. The molecule has 1 heterocycles. The monoisotopic (exact) mass is 437 g/mol. The topological polar surface area (TPSA) is 78.9 Å². The van der Waals surface area contributed by atoms with E-state index in [1.165, 1.54) is 5.56 Å². The van der Waals surface area contributed by atoms with E-state index in [1.54, 1.807) is 0 Å². The van der Waals surface area contributed by atoms with Gasteiger partial charge in [0.05, 0.1) is 6.42 Å². The van der Waals surface area contributed by atoms with Crippen LogP contribution >= 0.6 is 0 Å². The molecule has 0 aliphatic carbocycles. The highest BCUT2D eigenvalue weighted by molar-refractivity contribution is 5.92. The van der Waals surface area contributed by atoms with E-state index in [2.05, 4.69) is 32.8 Å². The summed E-state index contributed by atoms with van der Waals surface area (Å²) in [6.07, 6.45) is 0.346. The molecule has 1 amide bonds. The lowest BCUT2D eigenvalue weighted by Crippen LogP contribution is -2.14. The summed E-state index contributed by atoms with van der Waals surface area (Å²) in [7, 11) is 0. The number of nitrogens with one attached hydrogen (secondary N) is 3. The third kappa shape index (κ3) is 6.40. The summed E-state index contributed by atoms with van der Waals surface area (Å²) >= 11 is 0. The number of carbonyl (C=O) groups excluding carboxylic acids is 1. The molecule has 0 aliphatic heterocycles. The van der Waals surface area contributed by atoms with E-state index < -0.39 is 0 Å². The molecule has 0 radical (unpaired) electrons. The molecule has 0 bridgehead atoms. The minimum atomic E-state index is -0.0421. The maximum atomic E-state index is 12.4. The average Bonchev–Trinajstić information content (AvgIpc) is 2.76. The van der Waals surface area contributed by atoms with Gasteiger partial charge in [0, 0.05) is 28.8 Å². The number of aromatic nitrogens is 2. The molecule has 33 heavy (non-hydrogen) atoms. The summed E-state index contributed by atoms with van der Waals surface area (Å²) in [6, 6.07) is 25.5. The molecular formula is C27H27N5O. The Morgan fingerprint density at radius 1 is 0.727 bits per heavy atom. The average molecular weight is 438 g/mol. The minimum absolute atomic E-state index is 0.0421. The van der Waals surface area contributed by atoms with Gasteiger partial charge >= 0.3 is 0 Å². The summed E-state index contributed by atoms with van der Waals surface area (Å²) in [6.45, 7) is 6.00. The number of hydrogen-bond acceptors (Lipinski definition) is 5. The van der Waals surface area contributed by atoms with Crippen LogP contribution in [0.25, 0.3) is 0 Å². The van der Waals surface area contributed by atoms with Crippen LogP contribution in [0.15, 0.2) is 78.9 Å². The molecule has 0 saturated heterocycles. The molecule has 0 spiro atoms. The first-order valence-corrected chi connectivity index (χ1v) is 10.8. The molecule has 4 rings (SSSR count). The molecule has 0 aliphatic rings. The quantitative estimate of drug-likeness (QED) is 0.327. The SMILES string of the molecule is Cc1ccc(Nc2nc(C)cc(Nc3ccc(NC(=O)Cc4cccc(C)c4)cc3)n2)cc1. The van der Waals surface area contributed by atoms with Crippen molar-refractivity contribution in [3.05, 3.63) is 101 Å². The molecule has 0 atom stereocenters. The van der Waals surface area contributed by atoms with Crippen LogP contribution in [-0.4, -0.2) is 15.9 Å². The molecule has 3 N–H and O–H groups in total. The minimum Gasteiger partial charge on any atom is -0.340 e. The smallest absolute Gasteiger partial charge is 0.229 e. The first kappa shape index (κ1) is 22.0. The standard InChI is InChI=1S/C27H27N5O/c1-18-7-9-24(10-8-18)31-27-28-20(3)16-25(32-27)29-22-11-13-23(14-12-22)30-26(33)17-21-6-4-5-19(2)15-21/h4-16H,17H2,1-3H3,(H,30,33)(H2,28,29,31,32). The van der Waals surface area contributed by atoms with Crippen molar-refractivity contribution < 1.29 is 4.79 Å². The summed E-state index contributed by atoms with van der Waals surface area (Å²) in [5, 5.41) is 9.49. The van der Waals surface area contributed by atoms with Gasteiger partial charge in [-0.25, -0.2) is 4.98 Å². The van der Waals surface area contributed by atoms with Crippen LogP contribution in [0.5, 0.6) is 0 Å². The summed E-state index contributed by atoms with van der Waals surface area (Å²) in [5.41, 5.74) is 6.74. The fourth-order valence-electron chi connectivity index (χ4n) is 3.45. The molecule has 6 nitrogen and oxygen atoms in total. The molecule has 166 valence electrons. The van der Waals surface area contributed by atoms with Gasteiger partial charge < -0.3 is 16.0 Å². The maximum absolute atomic E-state index is 12.4. The zero-order chi connectivity index (χ0) is 23.2. The second kappa shape index (κ2) is 9.96. The zero-order valence-corrected chi connectivity index (χ0v) is 19.0. The summed E-state index contributed by atoms with van der Waals surface area (Å²) in [5.74, 6) is 1.18. The Hall–Kier alpha value is -4.19. The van der Waals surface area contributed by atoms with Gasteiger partial charge in [-0.2, -0.15) is 4.98 Å². The van der Waals surface area contributed by atoms with E-state index in [1.807, 2.05) is 92.7 Å². The molecule has 0 saturated carbocycles. The fraction of sp³-hybridized carbons (Fsp3) is 0.148. The Morgan fingerprint density at radius 3 is 2.12 bits per heavy atom. The molecule has 4 aromatic rings. The number of aryl methyl sites for hydroxylation is 3. The van der Waals surface area contributed by atoms with Gasteiger partial charge in [-0.1, -0.05) is 47.5 Å². The highest BCUT2D eigenvalue weighted by Gasteiger charge is 2.06. The van der Waals surface area contributed by atoms with Crippen LogP contribution < -0.4 is 16.0 Å².